The zero-order chi connectivity index (χ0) is 22.2. The van der Waals surface area contributed by atoms with Crippen molar-refractivity contribution in [3.8, 4) is 0 Å². The largest absolute Gasteiger partial charge is 0.383 e. The Morgan fingerprint density at radius 3 is 2.81 bits per heavy atom. The number of nitrogens with zero attached hydrogens (tertiary/aromatic N) is 3. The molecule has 168 valence electrons. The Bertz CT molecular complexity index is 862. The number of piperazine rings is 1. The van der Waals surface area contributed by atoms with Crippen LogP contribution in [-0.2, 0) is 11.3 Å². The van der Waals surface area contributed by atoms with E-state index in [1.54, 1.807) is 37.6 Å². The number of amides is 2. The summed E-state index contributed by atoms with van der Waals surface area (Å²) in [6.07, 6.45) is 2.68. The standard InChI is InChI=1S/C23H32FN5O2/c1-4-9-29-11-10-28(15-20(29)16-31-3)14-18-6-8-21(24)22(12-18)27-23(30)26-19-7-5-17(2)25-13-19/h5-8,12-13,20H,4,9-11,14-16H2,1-3H3,(H2,26,27,30)/t20-/m0/s1. The van der Waals surface area contributed by atoms with Crippen molar-refractivity contribution >= 4 is 17.4 Å². The Labute approximate surface area is 183 Å². The molecule has 7 nitrogen and oxygen atoms in total. The number of halogens is 1. The summed E-state index contributed by atoms with van der Waals surface area (Å²) in [7, 11) is 1.73. The lowest BCUT2D eigenvalue weighted by Gasteiger charge is -2.41. The van der Waals surface area contributed by atoms with Gasteiger partial charge in [-0.05, 0) is 49.7 Å². The van der Waals surface area contributed by atoms with Gasteiger partial charge in [-0.3, -0.25) is 14.8 Å². The van der Waals surface area contributed by atoms with Gasteiger partial charge in [-0.15, -0.1) is 0 Å². The van der Waals surface area contributed by atoms with Gasteiger partial charge >= 0.3 is 6.03 Å². The van der Waals surface area contributed by atoms with Crippen molar-refractivity contribution in [2.45, 2.75) is 32.9 Å². The number of pyridine rings is 1. The van der Waals surface area contributed by atoms with Crippen LogP contribution < -0.4 is 10.6 Å². The molecule has 1 saturated heterocycles. The van der Waals surface area contributed by atoms with Crippen LogP contribution in [0.3, 0.4) is 0 Å². The van der Waals surface area contributed by atoms with Gasteiger partial charge in [0.05, 0.1) is 24.2 Å². The van der Waals surface area contributed by atoms with Crippen molar-refractivity contribution in [3.63, 3.8) is 0 Å². The molecule has 0 radical (unpaired) electrons. The second-order valence-corrected chi connectivity index (χ2v) is 7.96. The SMILES string of the molecule is CCCN1CCN(Cc2ccc(F)c(NC(=O)Nc3ccc(C)nc3)c2)C[C@H]1COC. The number of methoxy groups -OCH3 is 1. The summed E-state index contributed by atoms with van der Waals surface area (Å²) in [6.45, 7) is 9.34. The summed E-state index contributed by atoms with van der Waals surface area (Å²) < 4.78 is 19.7. The lowest BCUT2D eigenvalue weighted by Crippen LogP contribution is -2.54. The molecular weight excluding hydrogens is 397 g/mol. The molecule has 0 saturated carbocycles. The zero-order valence-electron chi connectivity index (χ0n) is 18.5. The van der Waals surface area contributed by atoms with E-state index in [1.165, 1.54) is 6.07 Å². The molecule has 1 aromatic carbocycles. The molecule has 2 aromatic rings. The van der Waals surface area contributed by atoms with E-state index in [1.807, 2.05) is 6.92 Å². The summed E-state index contributed by atoms with van der Waals surface area (Å²) in [6, 6.07) is 8.27. The fraction of sp³-hybridized carbons (Fsp3) is 0.478. The molecule has 31 heavy (non-hydrogen) atoms. The molecule has 0 unspecified atom stereocenters. The van der Waals surface area contributed by atoms with Gasteiger partial charge in [-0.2, -0.15) is 0 Å². The number of rotatable bonds is 8. The molecule has 3 rings (SSSR count). The van der Waals surface area contributed by atoms with E-state index < -0.39 is 11.8 Å². The van der Waals surface area contributed by atoms with Crippen LogP contribution in [0.5, 0.6) is 0 Å². The maximum atomic E-state index is 14.3. The number of hydrogen-bond acceptors (Lipinski definition) is 5. The summed E-state index contributed by atoms with van der Waals surface area (Å²) in [4.78, 5) is 21.3. The van der Waals surface area contributed by atoms with Crippen LogP contribution in [0.2, 0.25) is 0 Å². The summed E-state index contributed by atoms with van der Waals surface area (Å²) in [5, 5.41) is 5.28. The maximum Gasteiger partial charge on any atom is 0.323 e. The highest BCUT2D eigenvalue weighted by atomic mass is 19.1. The number of aryl methyl sites for hydroxylation is 1. The molecule has 1 fully saturated rings. The topological polar surface area (TPSA) is 69.7 Å². The number of hydrogen-bond donors (Lipinski definition) is 2. The molecular formula is C23H32FN5O2. The summed E-state index contributed by atoms with van der Waals surface area (Å²) in [5.74, 6) is -0.467. The Balaban J connectivity index is 1.61. The fourth-order valence-corrected chi connectivity index (χ4v) is 3.88. The monoisotopic (exact) mass is 429 g/mol. The van der Waals surface area contributed by atoms with E-state index >= 15 is 0 Å². The van der Waals surface area contributed by atoms with Crippen molar-refractivity contribution in [3.05, 3.63) is 53.6 Å². The van der Waals surface area contributed by atoms with E-state index in [4.69, 9.17) is 4.74 Å². The second-order valence-electron chi connectivity index (χ2n) is 7.96. The smallest absolute Gasteiger partial charge is 0.323 e. The quantitative estimate of drug-likeness (QED) is 0.669. The number of carbonyl (C=O) groups is 1. The number of benzene rings is 1. The maximum absolute atomic E-state index is 14.3. The van der Waals surface area contributed by atoms with Crippen LogP contribution >= 0.6 is 0 Å². The van der Waals surface area contributed by atoms with E-state index in [2.05, 4.69) is 32.3 Å². The van der Waals surface area contributed by atoms with E-state index in [0.29, 0.717) is 24.9 Å². The highest BCUT2D eigenvalue weighted by Gasteiger charge is 2.26. The predicted octanol–water partition coefficient (Wildman–Crippen LogP) is 3.72. The third-order valence-corrected chi connectivity index (χ3v) is 5.41. The lowest BCUT2D eigenvalue weighted by molar-refractivity contribution is 0.0224. The summed E-state index contributed by atoms with van der Waals surface area (Å²) in [5.41, 5.74) is 2.52. The molecule has 1 aliphatic heterocycles. The van der Waals surface area contributed by atoms with Gasteiger partial charge < -0.3 is 15.4 Å². The molecule has 0 spiro atoms. The van der Waals surface area contributed by atoms with Gasteiger partial charge in [0.25, 0.3) is 0 Å². The normalized spacial score (nSPS) is 17.5. The van der Waals surface area contributed by atoms with Crippen LogP contribution in [0.15, 0.2) is 36.5 Å². The van der Waals surface area contributed by atoms with Gasteiger partial charge in [-0.25, -0.2) is 9.18 Å². The van der Waals surface area contributed by atoms with Gasteiger partial charge in [0, 0.05) is 45.0 Å². The number of aromatic nitrogens is 1. The Hall–Kier alpha value is -2.55. The number of ether oxygens (including phenoxy) is 1. The molecule has 1 atom stereocenters. The van der Waals surface area contributed by atoms with E-state index in [0.717, 1.165) is 43.9 Å². The van der Waals surface area contributed by atoms with Crippen LogP contribution in [0, 0.1) is 12.7 Å². The third-order valence-electron chi connectivity index (χ3n) is 5.41. The predicted molar refractivity (Wildman–Crippen MR) is 121 cm³/mol. The molecule has 1 aromatic heterocycles. The van der Waals surface area contributed by atoms with Gasteiger partial charge in [0.15, 0.2) is 0 Å². The Morgan fingerprint density at radius 1 is 1.26 bits per heavy atom. The first-order valence-corrected chi connectivity index (χ1v) is 10.7. The van der Waals surface area contributed by atoms with Crippen LogP contribution in [-0.4, -0.2) is 66.8 Å². The van der Waals surface area contributed by atoms with Gasteiger partial charge in [0.1, 0.15) is 5.82 Å². The highest BCUT2D eigenvalue weighted by Crippen LogP contribution is 2.20. The number of anilines is 2. The average molecular weight is 430 g/mol. The highest BCUT2D eigenvalue weighted by molar-refractivity contribution is 5.99. The summed E-state index contributed by atoms with van der Waals surface area (Å²) >= 11 is 0. The molecule has 8 heteroatoms. The zero-order valence-corrected chi connectivity index (χ0v) is 18.5. The van der Waals surface area contributed by atoms with Gasteiger partial charge in [-0.1, -0.05) is 13.0 Å². The molecule has 2 N–H and O–H groups in total. The van der Waals surface area contributed by atoms with Crippen molar-refractivity contribution in [2.24, 2.45) is 0 Å². The minimum atomic E-state index is -0.505. The lowest BCUT2D eigenvalue weighted by atomic mass is 10.1. The fourth-order valence-electron chi connectivity index (χ4n) is 3.88. The average Bonchev–Trinajstić information content (AvgIpc) is 2.74. The molecule has 0 aliphatic carbocycles. The van der Waals surface area contributed by atoms with Crippen LogP contribution in [0.1, 0.15) is 24.6 Å². The first-order valence-electron chi connectivity index (χ1n) is 10.7. The molecule has 2 heterocycles. The van der Waals surface area contributed by atoms with Crippen LogP contribution in [0.25, 0.3) is 0 Å². The first-order chi connectivity index (χ1) is 15.0. The van der Waals surface area contributed by atoms with Crippen molar-refractivity contribution in [1.29, 1.82) is 0 Å². The van der Waals surface area contributed by atoms with Crippen molar-refractivity contribution in [2.75, 3.05) is 50.5 Å². The number of nitrogens with one attached hydrogen (secondary N) is 2. The number of carbonyl (C=O) groups excluding carboxylic acids is 1. The number of urea groups is 1. The van der Waals surface area contributed by atoms with Crippen molar-refractivity contribution in [1.82, 2.24) is 14.8 Å². The molecule has 1 aliphatic rings. The minimum Gasteiger partial charge on any atom is -0.383 e. The first kappa shape index (κ1) is 23.1. The molecule has 2 amide bonds. The van der Waals surface area contributed by atoms with Crippen LogP contribution in [0.4, 0.5) is 20.6 Å². The Morgan fingerprint density at radius 2 is 2.10 bits per heavy atom. The van der Waals surface area contributed by atoms with Crippen molar-refractivity contribution < 1.29 is 13.9 Å². The Kier molecular flexibility index (Phi) is 8.34. The van der Waals surface area contributed by atoms with Gasteiger partial charge in [0.2, 0.25) is 0 Å². The second kappa shape index (κ2) is 11.2. The van der Waals surface area contributed by atoms with E-state index in [-0.39, 0.29) is 5.69 Å². The minimum absolute atomic E-state index is 0.160. The third kappa shape index (κ3) is 6.72. The van der Waals surface area contributed by atoms with E-state index in [9.17, 15) is 9.18 Å². The molecule has 0 bridgehead atoms.